The van der Waals surface area contributed by atoms with Gasteiger partial charge in [0, 0.05) is 6.54 Å². The van der Waals surface area contributed by atoms with E-state index in [0.717, 1.165) is 25.0 Å². The molecule has 0 heterocycles. The zero-order valence-corrected chi connectivity index (χ0v) is 10.2. The first-order valence-corrected chi connectivity index (χ1v) is 6.72. The van der Waals surface area contributed by atoms with Gasteiger partial charge in [-0.2, -0.15) is 17.0 Å². The van der Waals surface area contributed by atoms with Gasteiger partial charge in [-0.1, -0.05) is 6.92 Å². The number of carbonyl (C=O) groups is 1. The fraction of sp³-hybridized carbons (Fsp3) is 0.818. The molecule has 3 nitrogen and oxygen atoms in total. The van der Waals surface area contributed by atoms with Crippen LogP contribution in [0.3, 0.4) is 0 Å². The number of hydrogen-bond acceptors (Lipinski definition) is 3. The minimum absolute atomic E-state index is 0.0656. The standard InChI is InChI=1S/C11H18N2OS/c1-9-6-11(7-9,8-12)10(14)13-4-3-5-15-2/h9H,3-7H2,1-2H3,(H,13,14). The zero-order chi connectivity index (χ0) is 11.3. The highest BCUT2D eigenvalue weighted by Crippen LogP contribution is 2.44. The van der Waals surface area contributed by atoms with Crippen LogP contribution in [0.15, 0.2) is 0 Å². The van der Waals surface area contributed by atoms with Crippen molar-refractivity contribution in [2.75, 3.05) is 18.6 Å². The molecule has 1 aliphatic carbocycles. The average Bonchev–Trinajstić information content (AvgIpc) is 2.19. The van der Waals surface area contributed by atoms with Crippen LogP contribution in [0.1, 0.15) is 26.2 Å². The van der Waals surface area contributed by atoms with Gasteiger partial charge in [0.25, 0.3) is 0 Å². The third kappa shape index (κ3) is 2.88. The molecule has 4 heteroatoms. The Balaban J connectivity index is 2.30. The Hall–Kier alpha value is -0.690. The van der Waals surface area contributed by atoms with Crippen molar-refractivity contribution in [2.45, 2.75) is 26.2 Å². The highest BCUT2D eigenvalue weighted by molar-refractivity contribution is 7.98. The van der Waals surface area contributed by atoms with E-state index in [9.17, 15) is 4.79 Å². The molecule has 0 bridgehead atoms. The van der Waals surface area contributed by atoms with Gasteiger partial charge in [-0.3, -0.25) is 4.79 Å². The molecular weight excluding hydrogens is 208 g/mol. The van der Waals surface area contributed by atoms with Crippen LogP contribution < -0.4 is 5.32 Å². The molecule has 0 saturated heterocycles. The Kier molecular flexibility index (Phi) is 4.46. The molecule has 0 atom stereocenters. The summed E-state index contributed by atoms with van der Waals surface area (Å²) in [5.41, 5.74) is -0.710. The maximum Gasteiger partial charge on any atom is 0.240 e. The minimum atomic E-state index is -0.710. The monoisotopic (exact) mass is 226 g/mol. The molecule has 1 saturated carbocycles. The van der Waals surface area contributed by atoms with Crippen molar-refractivity contribution >= 4 is 17.7 Å². The summed E-state index contributed by atoms with van der Waals surface area (Å²) in [6.07, 6.45) is 4.46. The lowest BCUT2D eigenvalue weighted by Crippen LogP contribution is -2.48. The van der Waals surface area contributed by atoms with Crippen molar-refractivity contribution in [3.8, 4) is 6.07 Å². The second kappa shape index (κ2) is 5.41. The lowest BCUT2D eigenvalue weighted by molar-refractivity contribution is -0.133. The van der Waals surface area contributed by atoms with E-state index in [-0.39, 0.29) is 5.91 Å². The second-order valence-corrected chi connectivity index (χ2v) is 5.30. The predicted molar refractivity (Wildman–Crippen MR) is 62.5 cm³/mol. The first-order valence-electron chi connectivity index (χ1n) is 5.33. The first kappa shape index (κ1) is 12.4. The van der Waals surface area contributed by atoms with Crippen molar-refractivity contribution in [2.24, 2.45) is 11.3 Å². The van der Waals surface area contributed by atoms with Crippen molar-refractivity contribution in [3.63, 3.8) is 0 Å². The molecule has 1 aliphatic rings. The molecule has 1 amide bonds. The van der Waals surface area contributed by atoms with E-state index in [1.165, 1.54) is 0 Å². The van der Waals surface area contributed by atoms with Crippen molar-refractivity contribution in [3.05, 3.63) is 0 Å². The number of nitrogens with zero attached hydrogens (tertiary/aromatic N) is 1. The van der Waals surface area contributed by atoms with Crippen LogP contribution in [0, 0.1) is 22.7 Å². The van der Waals surface area contributed by atoms with E-state index in [4.69, 9.17) is 5.26 Å². The molecule has 0 radical (unpaired) electrons. The Morgan fingerprint density at radius 2 is 2.33 bits per heavy atom. The fourth-order valence-corrected chi connectivity index (χ4v) is 2.48. The summed E-state index contributed by atoms with van der Waals surface area (Å²) >= 11 is 1.77. The summed E-state index contributed by atoms with van der Waals surface area (Å²) < 4.78 is 0. The van der Waals surface area contributed by atoms with Crippen molar-refractivity contribution in [1.29, 1.82) is 5.26 Å². The summed E-state index contributed by atoms with van der Waals surface area (Å²) in [5.74, 6) is 1.50. The number of amides is 1. The smallest absolute Gasteiger partial charge is 0.240 e. The van der Waals surface area contributed by atoms with E-state index in [0.29, 0.717) is 12.5 Å². The van der Waals surface area contributed by atoms with Gasteiger partial charge in [0.1, 0.15) is 5.41 Å². The molecule has 0 aromatic heterocycles. The van der Waals surface area contributed by atoms with Crippen LogP contribution in [0.5, 0.6) is 0 Å². The third-order valence-corrected chi connectivity index (χ3v) is 3.55. The molecule has 1 fully saturated rings. The summed E-state index contributed by atoms with van der Waals surface area (Å²) in [5, 5.41) is 11.9. The number of carbonyl (C=O) groups excluding carboxylic acids is 1. The van der Waals surface area contributed by atoms with Crippen molar-refractivity contribution < 1.29 is 4.79 Å². The van der Waals surface area contributed by atoms with E-state index in [1.54, 1.807) is 11.8 Å². The van der Waals surface area contributed by atoms with Crippen LogP contribution in [0.2, 0.25) is 0 Å². The maximum absolute atomic E-state index is 11.7. The lowest BCUT2D eigenvalue weighted by Gasteiger charge is -2.39. The van der Waals surface area contributed by atoms with Crippen LogP contribution >= 0.6 is 11.8 Å². The minimum Gasteiger partial charge on any atom is -0.355 e. The van der Waals surface area contributed by atoms with E-state index in [1.807, 2.05) is 6.26 Å². The second-order valence-electron chi connectivity index (χ2n) is 4.31. The number of thioether (sulfide) groups is 1. The largest absolute Gasteiger partial charge is 0.355 e. The molecule has 0 aromatic rings. The summed E-state index contributed by atoms with van der Waals surface area (Å²) in [7, 11) is 0. The quantitative estimate of drug-likeness (QED) is 0.727. The number of hydrogen-bond donors (Lipinski definition) is 1. The van der Waals surface area contributed by atoms with Gasteiger partial charge >= 0.3 is 0 Å². The molecule has 15 heavy (non-hydrogen) atoms. The summed E-state index contributed by atoms with van der Waals surface area (Å²) in [4.78, 5) is 11.7. The molecule has 0 aliphatic heterocycles. The van der Waals surface area contributed by atoms with Gasteiger partial charge in [-0.05, 0) is 37.2 Å². The highest BCUT2D eigenvalue weighted by atomic mass is 32.2. The van der Waals surface area contributed by atoms with Crippen LogP contribution in [-0.2, 0) is 4.79 Å². The Labute approximate surface area is 95.6 Å². The van der Waals surface area contributed by atoms with Gasteiger partial charge in [-0.25, -0.2) is 0 Å². The van der Waals surface area contributed by atoms with Gasteiger partial charge in [-0.15, -0.1) is 0 Å². The first-order chi connectivity index (χ1) is 7.14. The van der Waals surface area contributed by atoms with Gasteiger partial charge in [0.2, 0.25) is 5.91 Å². The SMILES string of the molecule is CSCCCNC(=O)C1(C#N)CC(C)C1. The van der Waals surface area contributed by atoms with Crippen molar-refractivity contribution in [1.82, 2.24) is 5.32 Å². The van der Waals surface area contributed by atoms with E-state index < -0.39 is 5.41 Å². The van der Waals surface area contributed by atoms with Crippen LogP contribution in [0.4, 0.5) is 0 Å². The van der Waals surface area contributed by atoms with E-state index in [2.05, 4.69) is 18.3 Å². The zero-order valence-electron chi connectivity index (χ0n) is 9.38. The predicted octanol–water partition coefficient (Wildman–Crippen LogP) is 1.80. The molecule has 1 N–H and O–H groups in total. The van der Waals surface area contributed by atoms with E-state index >= 15 is 0 Å². The molecule has 84 valence electrons. The van der Waals surface area contributed by atoms with Crippen LogP contribution in [-0.4, -0.2) is 24.5 Å². The number of rotatable bonds is 5. The molecule has 0 aromatic carbocycles. The molecule has 0 spiro atoms. The Morgan fingerprint density at radius 1 is 1.67 bits per heavy atom. The van der Waals surface area contributed by atoms with Crippen LogP contribution in [0.25, 0.3) is 0 Å². The molecule has 0 unspecified atom stereocenters. The fourth-order valence-electron chi connectivity index (χ4n) is 2.05. The van der Waals surface area contributed by atoms with Gasteiger partial charge < -0.3 is 5.32 Å². The Bertz CT molecular complexity index is 266. The topological polar surface area (TPSA) is 52.9 Å². The normalized spacial score (nSPS) is 29.0. The lowest BCUT2D eigenvalue weighted by atomic mass is 9.63. The highest BCUT2D eigenvalue weighted by Gasteiger charge is 2.48. The third-order valence-electron chi connectivity index (χ3n) is 2.85. The summed E-state index contributed by atoms with van der Waals surface area (Å²) in [6, 6.07) is 2.17. The van der Waals surface area contributed by atoms with Gasteiger partial charge in [0.15, 0.2) is 0 Å². The maximum atomic E-state index is 11.7. The number of nitrogens with one attached hydrogen (secondary N) is 1. The number of nitriles is 1. The Morgan fingerprint density at radius 3 is 2.80 bits per heavy atom. The molecule has 1 rings (SSSR count). The average molecular weight is 226 g/mol. The molecular formula is C11H18N2OS. The summed E-state index contributed by atoms with van der Waals surface area (Å²) in [6.45, 7) is 2.77. The van der Waals surface area contributed by atoms with Gasteiger partial charge in [0.05, 0.1) is 6.07 Å².